The number of nitrogens with one attached hydrogen (secondary N) is 1. The highest BCUT2D eigenvalue weighted by Crippen LogP contribution is 2.11. The topological polar surface area (TPSA) is 39.1 Å². The molecular formula is C10H19N3. The standard InChI is InChI=1S/C10H19N3/c1-2-13(9-3-6-11)10-4-7-12-8-5-10/h10,12H,2-5,7-9H2,1H3. The fraction of sp³-hybridized carbons (Fsp3) is 0.900. The highest BCUT2D eigenvalue weighted by atomic mass is 15.2. The van der Waals surface area contributed by atoms with Crippen LogP contribution in [0.15, 0.2) is 0 Å². The lowest BCUT2D eigenvalue weighted by atomic mass is 10.0. The number of hydrogen-bond acceptors (Lipinski definition) is 3. The molecule has 0 aromatic carbocycles. The Hall–Kier alpha value is -0.590. The van der Waals surface area contributed by atoms with E-state index in [4.69, 9.17) is 5.26 Å². The van der Waals surface area contributed by atoms with Crippen LogP contribution < -0.4 is 5.32 Å². The van der Waals surface area contributed by atoms with Gasteiger partial charge in [0.25, 0.3) is 0 Å². The first kappa shape index (κ1) is 10.5. The molecule has 3 nitrogen and oxygen atoms in total. The van der Waals surface area contributed by atoms with Crippen molar-refractivity contribution in [2.45, 2.75) is 32.2 Å². The lowest BCUT2D eigenvalue weighted by molar-refractivity contribution is 0.173. The molecule has 0 aromatic rings. The highest BCUT2D eigenvalue weighted by Gasteiger charge is 2.18. The molecule has 1 heterocycles. The lowest BCUT2D eigenvalue weighted by Gasteiger charge is -2.33. The van der Waals surface area contributed by atoms with Crippen molar-refractivity contribution in [1.29, 1.82) is 5.26 Å². The van der Waals surface area contributed by atoms with Gasteiger partial charge in [-0.15, -0.1) is 0 Å². The molecule has 1 N–H and O–H groups in total. The van der Waals surface area contributed by atoms with Gasteiger partial charge in [0.2, 0.25) is 0 Å². The van der Waals surface area contributed by atoms with E-state index in [1.54, 1.807) is 0 Å². The zero-order chi connectivity index (χ0) is 9.52. The van der Waals surface area contributed by atoms with Crippen molar-refractivity contribution in [2.75, 3.05) is 26.2 Å². The molecule has 0 aromatic heterocycles. The Morgan fingerprint density at radius 3 is 2.69 bits per heavy atom. The number of hydrogen-bond donors (Lipinski definition) is 1. The number of rotatable bonds is 4. The van der Waals surface area contributed by atoms with Crippen molar-refractivity contribution in [3.8, 4) is 6.07 Å². The summed E-state index contributed by atoms with van der Waals surface area (Å²) in [6.45, 7) is 6.46. The average molecular weight is 181 g/mol. The van der Waals surface area contributed by atoms with Crippen molar-refractivity contribution in [2.24, 2.45) is 0 Å². The Morgan fingerprint density at radius 2 is 2.15 bits per heavy atom. The maximum Gasteiger partial charge on any atom is 0.0635 e. The first-order chi connectivity index (χ1) is 6.38. The molecule has 0 radical (unpaired) electrons. The molecule has 1 aliphatic heterocycles. The smallest absolute Gasteiger partial charge is 0.0635 e. The minimum Gasteiger partial charge on any atom is -0.317 e. The minimum atomic E-state index is 0.664. The van der Waals surface area contributed by atoms with Gasteiger partial charge in [-0.2, -0.15) is 5.26 Å². The van der Waals surface area contributed by atoms with Gasteiger partial charge in [-0.05, 0) is 32.5 Å². The Morgan fingerprint density at radius 1 is 1.46 bits per heavy atom. The second-order valence-corrected chi connectivity index (χ2v) is 3.52. The van der Waals surface area contributed by atoms with E-state index in [-0.39, 0.29) is 0 Å². The summed E-state index contributed by atoms with van der Waals surface area (Å²) in [4.78, 5) is 2.43. The van der Waals surface area contributed by atoms with Gasteiger partial charge >= 0.3 is 0 Å². The van der Waals surface area contributed by atoms with Crippen molar-refractivity contribution in [1.82, 2.24) is 10.2 Å². The summed E-state index contributed by atoms with van der Waals surface area (Å²) in [6.07, 6.45) is 3.14. The van der Waals surface area contributed by atoms with E-state index in [2.05, 4.69) is 23.2 Å². The molecule has 0 amide bonds. The monoisotopic (exact) mass is 181 g/mol. The molecular weight excluding hydrogens is 162 g/mol. The van der Waals surface area contributed by atoms with Crippen LogP contribution in [0.3, 0.4) is 0 Å². The van der Waals surface area contributed by atoms with E-state index in [1.807, 2.05) is 0 Å². The molecule has 13 heavy (non-hydrogen) atoms. The third-order valence-corrected chi connectivity index (χ3v) is 2.74. The van der Waals surface area contributed by atoms with Crippen molar-refractivity contribution in [3.05, 3.63) is 0 Å². The molecule has 1 aliphatic rings. The number of nitrogens with zero attached hydrogens (tertiary/aromatic N) is 2. The van der Waals surface area contributed by atoms with Crippen LogP contribution in [0, 0.1) is 11.3 Å². The van der Waals surface area contributed by atoms with Gasteiger partial charge in [0.15, 0.2) is 0 Å². The lowest BCUT2D eigenvalue weighted by Crippen LogP contribution is -2.43. The summed E-state index contributed by atoms with van der Waals surface area (Å²) in [5.41, 5.74) is 0. The van der Waals surface area contributed by atoms with Gasteiger partial charge in [-0.3, -0.25) is 4.90 Å². The van der Waals surface area contributed by atoms with E-state index < -0.39 is 0 Å². The van der Waals surface area contributed by atoms with Gasteiger partial charge in [0, 0.05) is 19.0 Å². The Bertz CT molecular complexity index is 167. The van der Waals surface area contributed by atoms with Crippen LogP contribution in [0.2, 0.25) is 0 Å². The van der Waals surface area contributed by atoms with Crippen LogP contribution in [0.25, 0.3) is 0 Å². The van der Waals surface area contributed by atoms with Gasteiger partial charge in [-0.25, -0.2) is 0 Å². The second kappa shape index (κ2) is 5.95. The molecule has 0 atom stereocenters. The summed E-state index contributed by atoms with van der Waals surface area (Å²) < 4.78 is 0. The molecule has 3 heteroatoms. The molecule has 0 saturated carbocycles. The summed E-state index contributed by atoms with van der Waals surface area (Å²) in [6, 6.07) is 2.92. The number of nitriles is 1. The van der Waals surface area contributed by atoms with Crippen LogP contribution in [-0.4, -0.2) is 37.1 Å². The molecule has 0 unspecified atom stereocenters. The van der Waals surface area contributed by atoms with E-state index in [1.165, 1.54) is 12.8 Å². The first-order valence-corrected chi connectivity index (χ1v) is 5.20. The third kappa shape index (κ3) is 3.33. The van der Waals surface area contributed by atoms with Gasteiger partial charge < -0.3 is 5.32 Å². The molecule has 1 rings (SSSR count). The van der Waals surface area contributed by atoms with E-state index >= 15 is 0 Å². The predicted molar refractivity (Wildman–Crippen MR) is 53.4 cm³/mol. The quantitative estimate of drug-likeness (QED) is 0.702. The molecule has 74 valence electrons. The first-order valence-electron chi connectivity index (χ1n) is 5.20. The van der Waals surface area contributed by atoms with Crippen LogP contribution in [-0.2, 0) is 0 Å². The molecule has 0 aliphatic carbocycles. The maximum atomic E-state index is 8.52. The van der Waals surface area contributed by atoms with E-state index in [9.17, 15) is 0 Å². The normalized spacial score (nSPS) is 18.8. The van der Waals surface area contributed by atoms with Crippen LogP contribution in [0.4, 0.5) is 0 Å². The minimum absolute atomic E-state index is 0.664. The SMILES string of the molecule is CCN(CCC#N)C1CCNCC1. The van der Waals surface area contributed by atoms with Crippen LogP contribution >= 0.6 is 0 Å². The van der Waals surface area contributed by atoms with Crippen molar-refractivity contribution < 1.29 is 0 Å². The fourth-order valence-electron chi connectivity index (χ4n) is 1.96. The number of piperidine rings is 1. The molecule has 1 fully saturated rings. The Kier molecular flexibility index (Phi) is 4.81. The maximum absolute atomic E-state index is 8.52. The predicted octanol–water partition coefficient (Wildman–Crippen LogP) is 0.974. The average Bonchev–Trinajstić information content (AvgIpc) is 2.21. The third-order valence-electron chi connectivity index (χ3n) is 2.74. The van der Waals surface area contributed by atoms with Crippen molar-refractivity contribution >= 4 is 0 Å². The summed E-state index contributed by atoms with van der Waals surface area (Å²) in [7, 11) is 0. The molecule has 0 bridgehead atoms. The van der Waals surface area contributed by atoms with Crippen molar-refractivity contribution in [3.63, 3.8) is 0 Å². The fourth-order valence-corrected chi connectivity index (χ4v) is 1.96. The summed E-state index contributed by atoms with van der Waals surface area (Å²) in [5, 5.41) is 11.9. The zero-order valence-electron chi connectivity index (χ0n) is 8.42. The van der Waals surface area contributed by atoms with Gasteiger partial charge in [0.05, 0.1) is 6.07 Å². The van der Waals surface area contributed by atoms with Gasteiger partial charge in [0.1, 0.15) is 0 Å². The van der Waals surface area contributed by atoms with Crippen LogP contribution in [0.5, 0.6) is 0 Å². The van der Waals surface area contributed by atoms with Gasteiger partial charge in [-0.1, -0.05) is 6.92 Å². The Labute approximate surface area is 80.7 Å². The second-order valence-electron chi connectivity index (χ2n) is 3.52. The van der Waals surface area contributed by atoms with E-state index in [0.29, 0.717) is 12.5 Å². The molecule has 1 saturated heterocycles. The Balaban J connectivity index is 2.31. The largest absolute Gasteiger partial charge is 0.317 e. The van der Waals surface area contributed by atoms with Crippen LogP contribution in [0.1, 0.15) is 26.2 Å². The summed E-state index contributed by atoms with van der Waals surface area (Å²) in [5.74, 6) is 0. The molecule has 0 spiro atoms. The zero-order valence-corrected chi connectivity index (χ0v) is 8.42. The highest BCUT2D eigenvalue weighted by molar-refractivity contribution is 4.80. The van der Waals surface area contributed by atoms with E-state index in [0.717, 1.165) is 26.2 Å². The summed E-state index contributed by atoms with van der Waals surface area (Å²) >= 11 is 0.